The van der Waals surface area contributed by atoms with E-state index in [0.717, 1.165) is 61.3 Å². The lowest BCUT2D eigenvalue weighted by Gasteiger charge is -2.32. The van der Waals surface area contributed by atoms with E-state index in [4.69, 9.17) is 4.42 Å². The van der Waals surface area contributed by atoms with Crippen molar-refractivity contribution in [2.45, 2.75) is 5.41 Å². The zero-order valence-electron chi connectivity index (χ0n) is 34.4. The summed E-state index contributed by atoms with van der Waals surface area (Å²) in [6.45, 7) is 0. The molecule has 0 aliphatic heterocycles. The quantitative estimate of drug-likeness (QED) is 0.167. The Hall–Kier alpha value is -8.20. The maximum atomic E-state index is 6.52. The van der Waals surface area contributed by atoms with Crippen molar-refractivity contribution in [2.75, 3.05) is 4.90 Å². The number of furan rings is 1. The maximum Gasteiger partial charge on any atom is 0.143 e. The molecule has 0 N–H and O–H groups in total. The van der Waals surface area contributed by atoms with Crippen LogP contribution in [0.15, 0.2) is 241 Å². The van der Waals surface area contributed by atoms with E-state index in [1.54, 1.807) is 0 Å². The van der Waals surface area contributed by atoms with Crippen molar-refractivity contribution in [2.24, 2.45) is 0 Å². The Morgan fingerprint density at radius 2 is 0.825 bits per heavy atom. The van der Waals surface area contributed by atoms with Gasteiger partial charge < -0.3 is 9.32 Å². The van der Waals surface area contributed by atoms with Crippen LogP contribution in [0.1, 0.15) is 22.3 Å². The highest BCUT2D eigenvalue weighted by molar-refractivity contribution is 6.09. The third-order valence-corrected chi connectivity index (χ3v) is 13.5. The average molecular weight is 802 g/mol. The van der Waals surface area contributed by atoms with Crippen molar-refractivity contribution in [3.63, 3.8) is 0 Å². The van der Waals surface area contributed by atoms with Crippen molar-refractivity contribution in [3.05, 3.63) is 259 Å². The van der Waals surface area contributed by atoms with Crippen LogP contribution in [-0.4, -0.2) is 0 Å². The fourth-order valence-electron chi connectivity index (χ4n) is 10.8. The molecule has 1 aromatic heterocycles. The van der Waals surface area contributed by atoms with Crippen molar-refractivity contribution >= 4 is 39.0 Å². The molecule has 0 bridgehead atoms. The zero-order chi connectivity index (χ0) is 41.5. The summed E-state index contributed by atoms with van der Waals surface area (Å²) in [7, 11) is 0. The van der Waals surface area contributed by atoms with Crippen LogP contribution in [0, 0.1) is 0 Å². The van der Waals surface area contributed by atoms with Gasteiger partial charge in [0.25, 0.3) is 0 Å². The van der Waals surface area contributed by atoms with Crippen LogP contribution in [0.5, 0.6) is 0 Å². The number of rotatable bonds is 6. The molecule has 2 aliphatic carbocycles. The van der Waals surface area contributed by atoms with Gasteiger partial charge in [-0.1, -0.05) is 194 Å². The van der Waals surface area contributed by atoms with Crippen LogP contribution >= 0.6 is 0 Å². The number of anilines is 3. The molecule has 0 saturated carbocycles. The SMILES string of the molecule is c1ccc(-c2cccc(-c3ccccc3N(c3ccc(-c4cccc5c4oc4ccccc45)cc3)c3ccc4c(c3)C3(c5ccccc5-c5ccccc53)c3ccccc3-4)c2)cc1. The van der Waals surface area contributed by atoms with Gasteiger partial charge in [0.05, 0.1) is 11.1 Å². The number of hydrogen-bond donors (Lipinski definition) is 0. The van der Waals surface area contributed by atoms with E-state index in [-0.39, 0.29) is 0 Å². The third-order valence-electron chi connectivity index (χ3n) is 13.5. The third kappa shape index (κ3) is 5.25. The summed E-state index contributed by atoms with van der Waals surface area (Å²) in [5.74, 6) is 0. The smallest absolute Gasteiger partial charge is 0.143 e. The minimum absolute atomic E-state index is 0.459. The van der Waals surface area contributed by atoms with Gasteiger partial charge in [0, 0.05) is 33.3 Å². The normalized spacial score (nSPS) is 12.9. The molecule has 10 aromatic carbocycles. The first-order chi connectivity index (χ1) is 31.3. The van der Waals surface area contributed by atoms with Crippen LogP contribution in [0.4, 0.5) is 17.1 Å². The molecule has 0 radical (unpaired) electrons. The van der Waals surface area contributed by atoms with Crippen LogP contribution in [0.2, 0.25) is 0 Å². The highest BCUT2D eigenvalue weighted by Crippen LogP contribution is 2.63. The van der Waals surface area contributed by atoms with Gasteiger partial charge in [-0.25, -0.2) is 0 Å². The Morgan fingerprint density at radius 1 is 0.302 bits per heavy atom. The maximum absolute atomic E-state index is 6.52. The Morgan fingerprint density at radius 3 is 1.56 bits per heavy atom. The summed E-state index contributed by atoms with van der Waals surface area (Å²) in [4.78, 5) is 2.46. The molecule has 0 amide bonds. The van der Waals surface area contributed by atoms with E-state index < -0.39 is 5.41 Å². The molecule has 294 valence electrons. The summed E-state index contributed by atoms with van der Waals surface area (Å²) in [5.41, 5.74) is 22.0. The Balaban J connectivity index is 1.03. The lowest BCUT2D eigenvalue weighted by molar-refractivity contribution is 0.670. The molecule has 1 heterocycles. The van der Waals surface area contributed by atoms with E-state index in [2.05, 4.69) is 235 Å². The molecular formula is C61H39NO. The summed E-state index contributed by atoms with van der Waals surface area (Å²) < 4.78 is 6.52. The molecule has 0 saturated heterocycles. The van der Waals surface area contributed by atoms with E-state index >= 15 is 0 Å². The van der Waals surface area contributed by atoms with Crippen molar-refractivity contribution in [3.8, 4) is 55.6 Å². The van der Waals surface area contributed by atoms with E-state index in [9.17, 15) is 0 Å². The fraction of sp³-hybridized carbons (Fsp3) is 0.0164. The summed E-state index contributed by atoms with van der Waals surface area (Å²) in [6.07, 6.45) is 0. The van der Waals surface area contributed by atoms with Crippen LogP contribution in [0.3, 0.4) is 0 Å². The van der Waals surface area contributed by atoms with Gasteiger partial charge >= 0.3 is 0 Å². The molecule has 2 heteroatoms. The molecule has 63 heavy (non-hydrogen) atoms. The monoisotopic (exact) mass is 801 g/mol. The molecule has 0 fully saturated rings. The second kappa shape index (κ2) is 13.9. The van der Waals surface area contributed by atoms with Crippen molar-refractivity contribution in [1.29, 1.82) is 0 Å². The molecule has 1 spiro atoms. The van der Waals surface area contributed by atoms with Gasteiger partial charge in [0.15, 0.2) is 0 Å². The van der Waals surface area contributed by atoms with Crippen LogP contribution in [-0.2, 0) is 5.41 Å². The Labute approximate surface area is 366 Å². The average Bonchev–Trinajstić information content (AvgIpc) is 3.99. The largest absolute Gasteiger partial charge is 0.455 e. The molecule has 0 atom stereocenters. The first-order valence-electron chi connectivity index (χ1n) is 21.8. The first-order valence-corrected chi connectivity index (χ1v) is 21.8. The highest BCUT2D eigenvalue weighted by atomic mass is 16.3. The lowest BCUT2D eigenvalue weighted by atomic mass is 9.70. The molecule has 2 nitrogen and oxygen atoms in total. The number of hydrogen-bond acceptors (Lipinski definition) is 2. The zero-order valence-corrected chi connectivity index (χ0v) is 34.4. The molecular weight excluding hydrogens is 763 g/mol. The number of benzene rings is 10. The molecule has 11 aromatic rings. The lowest BCUT2D eigenvalue weighted by Crippen LogP contribution is -2.26. The Bertz CT molecular complexity index is 3510. The number of para-hydroxylation sites is 3. The summed E-state index contributed by atoms with van der Waals surface area (Å²) >= 11 is 0. The second-order valence-corrected chi connectivity index (χ2v) is 16.7. The standard InChI is InChI=1S/C61H39NO/c1-2-16-40(17-3-1)42-18-14-19-43(38-42)46-20-7-12-30-58(46)62(44-34-32-41(33-35-44)47-25-15-26-53-52-24-8-13-31-59(52)63-60(47)53)45-36-37-51-50-23-6-11-29-56(50)61(57(51)39-45)54-27-9-4-21-48(54)49-22-5-10-28-55(49)61/h1-39H. The van der Waals surface area contributed by atoms with E-state index in [0.29, 0.717) is 0 Å². The second-order valence-electron chi connectivity index (χ2n) is 16.7. The minimum Gasteiger partial charge on any atom is -0.455 e. The van der Waals surface area contributed by atoms with Crippen molar-refractivity contribution < 1.29 is 4.42 Å². The topological polar surface area (TPSA) is 16.4 Å². The van der Waals surface area contributed by atoms with Crippen LogP contribution < -0.4 is 4.90 Å². The molecule has 0 unspecified atom stereocenters. The predicted octanol–water partition coefficient (Wildman–Crippen LogP) is 16.4. The van der Waals surface area contributed by atoms with Gasteiger partial charge in [-0.3, -0.25) is 0 Å². The number of fused-ring (bicyclic) bond motifs is 13. The molecule has 13 rings (SSSR count). The van der Waals surface area contributed by atoms with Gasteiger partial charge in [-0.05, 0) is 109 Å². The van der Waals surface area contributed by atoms with Crippen molar-refractivity contribution in [1.82, 2.24) is 0 Å². The van der Waals surface area contributed by atoms with Gasteiger partial charge in [0.1, 0.15) is 11.2 Å². The highest BCUT2D eigenvalue weighted by Gasteiger charge is 2.51. The fourth-order valence-corrected chi connectivity index (χ4v) is 10.8. The van der Waals surface area contributed by atoms with Crippen LogP contribution in [0.25, 0.3) is 77.6 Å². The first kappa shape index (κ1) is 35.5. The van der Waals surface area contributed by atoms with E-state index in [1.165, 1.54) is 55.6 Å². The minimum atomic E-state index is -0.459. The number of nitrogens with zero attached hydrogens (tertiary/aromatic N) is 1. The van der Waals surface area contributed by atoms with E-state index in [1.807, 2.05) is 6.07 Å². The molecule has 2 aliphatic rings. The summed E-state index contributed by atoms with van der Waals surface area (Å²) in [5, 5.41) is 2.26. The van der Waals surface area contributed by atoms with Gasteiger partial charge in [0.2, 0.25) is 0 Å². The Kier molecular flexibility index (Phi) is 7.85. The van der Waals surface area contributed by atoms with Gasteiger partial charge in [-0.2, -0.15) is 0 Å². The summed E-state index contributed by atoms with van der Waals surface area (Å²) in [6, 6.07) is 86.5. The van der Waals surface area contributed by atoms with Gasteiger partial charge in [-0.15, -0.1) is 0 Å². The predicted molar refractivity (Wildman–Crippen MR) is 261 cm³/mol.